The number of alkyl carbamates (subject to hydrolysis) is 2. The van der Waals surface area contributed by atoms with E-state index in [4.69, 9.17) is 9.47 Å². The van der Waals surface area contributed by atoms with Crippen molar-refractivity contribution in [2.75, 3.05) is 6.61 Å². The zero-order chi connectivity index (χ0) is 18.7. The molecule has 1 aromatic rings. The van der Waals surface area contributed by atoms with Gasteiger partial charge in [-0.05, 0) is 18.4 Å². The Morgan fingerprint density at radius 2 is 1.68 bits per heavy atom. The quantitative estimate of drug-likeness (QED) is 0.672. The number of hydrogen-bond donors (Lipinski definition) is 2. The van der Waals surface area contributed by atoms with Gasteiger partial charge in [-0.2, -0.15) is 0 Å². The number of hydrogen-bond acceptors (Lipinski definition) is 4. The van der Waals surface area contributed by atoms with Crippen molar-refractivity contribution < 1.29 is 19.1 Å². The highest BCUT2D eigenvalue weighted by atomic mass is 16.6. The lowest BCUT2D eigenvalue weighted by Gasteiger charge is -2.22. The van der Waals surface area contributed by atoms with Gasteiger partial charge in [0.2, 0.25) is 0 Å². The molecule has 0 aromatic heterocycles. The molecule has 0 aliphatic heterocycles. The minimum atomic E-state index is -0.578. The van der Waals surface area contributed by atoms with Crippen molar-refractivity contribution in [3.63, 3.8) is 0 Å². The van der Waals surface area contributed by atoms with Crippen LogP contribution in [0.3, 0.4) is 0 Å². The molecule has 0 fully saturated rings. The Morgan fingerprint density at radius 1 is 1.04 bits per heavy atom. The fourth-order valence-corrected chi connectivity index (χ4v) is 1.86. The van der Waals surface area contributed by atoms with Crippen LogP contribution in [0.4, 0.5) is 9.59 Å². The Bertz CT molecular complexity index is 574. The first-order valence-corrected chi connectivity index (χ1v) is 8.11. The average molecular weight is 346 g/mol. The van der Waals surface area contributed by atoms with Gasteiger partial charge in [-0.15, -0.1) is 13.2 Å². The lowest BCUT2D eigenvalue weighted by molar-refractivity contribution is 0.108. The molecular formula is C19H26N2O4. The summed E-state index contributed by atoms with van der Waals surface area (Å²) in [4.78, 5) is 23.7. The molecule has 6 heteroatoms. The van der Waals surface area contributed by atoms with Gasteiger partial charge in [-0.3, -0.25) is 0 Å². The second-order valence-corrected chi connectivity index (χ2v) is 5.67. The van der Waals surface area contributed by atoms with E-state index < -0.39 is 18.2 Å². The first-order chi connectivity index (χ1) is 12.0. The molecule has 3 atom stereocenters. The van der Waals surface area contributed by atoms with Crippen LogP contribution in [0.25, 0.3) is 0 Å². The van der Waals surface area contributed by atoms with Crippen molar-refractivity contribution in [3.8, 4) is 0 Å². The molecule has 1 aromatic carbocycles. The molecule has 0 aliphatic rings. The standard InChI is InChI=1S/C19H26N2O4/c1-5-14(3)17(13-25-18(22)20-15(4)6-2)21-19(23)24-12-16-10-8-7-9-11-16/h5-11,14-15,17H,1-2,12-13H2,3-4H3,(H,20,22)(H,21,23). The van der Waals surface area contributed by atoms with Crippen molar-refractivity contribution >= 4 is 12.2 Å². The number of carbonyl (C=O) groups excluding carboxylic acids is 2. The van der Waals surface area contributed by atoms with Crippen LogP contribution in [0.1, 0.15) is 19.4 Å². The summed E-state index contributed by atoms with van der Waals surface area (Å²) in [5.74, 6) is -0.103. The lowest BCUT2D eigenvalue weighted by atomic mass is 10.0. The summed E-state index contributed by atoms with van der Waals surface area (Å²) in [6, 6.07) is 8.72. The van der Waals surface area contributed by atoms with Crippen LogP contribution in [0.2, 0.25) is 0 Å². The van der Waals surface area contributed by atoms with Gasteiger partial charge in [0.15, 0.2) is 0 Å². The first kappa shape index (κ1) is 20.3. The number of rotatable bonds is 9. The van der Waals surface area contributed by atoms with Crippen LogP contribution in [-0.2, 0) is 16.1 Å². The molecule has 136 valence electrons. The van der Waals surface area contributed by atoms with Crippen LogP contribution < -0.4 is 10.6 Å². The van der Waals surface area contributed by atoms with Crippen molar-refractivity contribution in [1.82, 2.24) is 10.6 Å². The third-order valence-corrected chi connectivity index (χ3v) is 3.62. The van der Waals surface area contributed by atoms with Gasteiger partial charge in [0.1, 0.15) is 13.2 Å². The maximum absolute atomic E-state index is 12.0. The Hall–Kier alpha value is -2.76. The summed E-state index contributed by atoms with van der Waals surface area (Å²) in [5, 5.41) is 5.30. The van der Waals surface area contributed by atoms with Gasteiger partial charge in [-0.1, -0.05) is 49.4 Å². The maximum atomic E-state index is 12.0. The van der Waals surface area contributed by atoms with Crippen LogP contribution in [0.15, 0.2) is 55.6 Å². The summed E-state index contributed by atoms with van der Waals surface area (Å²) < 4.78 is 10.3. The Balaban J connectivity index is 2.48. The second-order valence-electron chi connectivity index (χ2n) is 5.67. The number of ether oxygens (including phenoxy) is 2. The number of amides is 2. The number of carbonyl (C=O) groups is 2. The van der Waals surface area contributed by atoms with Gasteiger partial charge in [0.05, 0.1) is 6.04 Å². The molecule has 0 bridgehead atoms. The molecule has 2 N–H and O–H groups in total. The highest BCUT2D eigenvalue weighted by Gasteiger charge is 2.20. The van der Waals surface area contributed by atoms with E-state index in [-0.39, 0.29) is 25.2 Å². The SMILES string of the molecule is C=CC(C)NC(=O)OCC(NC(=O)OCc1ccccc1)C(C)C=C. The summed E-state index contributed by atoms with van der Waals surface area (Å²) in [6.07, 6.45) is 2.11. The van der Waals surface area contributed by atoms with E-state index in [1.807, 2.05) is 37.3 Å². The molecule has 0 spiro atoms. The lowest BCUT2D eigenvalue weighted by Crippen LogP contribution is -2.44. The largest absolute Gasteiger partial charge is 0.447 e. The van der Waals surface area contributed by atoms with E-state index in [1.165, 1.54) is 0 Å². The molecule has 0 saturated carbocycles. The van der Waals surface area contributed by atoms with E-state index in [0.717, 1.165) is 5.56 Å². The zero-order valence-corrected chi connectivity index (χ0v) is 14.7. The van der Waals surface area contributed by atoms with Crippen LogP contribution in [0.5, 0.6) is 0 Å². The summed E-state index contributed by atoms with van der Waals surface area (Å²) in [5.41, 5.74) is 0.889. The van der Waals surface area contributed by atoms with Gasteiger partial charge < -0.3 is 20.1 Å². The predicted molar refractivity (Wildman–Crippen MR) is 97.1 cm³/mol. The fourth-order valence-electron chi connectivity index (χ4n) is 1.86. The maximum Gasteiger partial charge on any atom is 0.407 e. The van der Waals surface area contributed by atoms with E-state index in [1.54, 1.807) is 19.1 Å². The summed E-state index contributed by atoms with van der Waals surface area (Å²) in [6.45, 7) is 11.1. The smallest absolute Gasteiger partial charge is 0.407 e. The van der Waals surface area contributed by atoms with Crippen molar-refractivity contribution in [2.45, 2.75) is 32.5 Å². The minimum Gasteiger partial charge on any atom is -0.447 e. The third kappa shape index (κ3) is 8.06. The Kier molecular flexibility index (Phi) is 8.85. The number of benzene rings is 1. The van der Waals surface area contributed by atoms with Crippen LogP contribution in [0, 0.1) is 5.92 Å². The molecule has 0 aliphatic carbocycles. The van der Waals surface area contributed by atoms with Crippen molar-refractivity contribution in [1.29, 1.82) is 0 Å². The monoisotopic (exact) mass is 346 g/mol. The zero-order valence-electron chi connectivity index (χ0n) is 14.7. The third-order valence-electron chi connectivity index (χ3n) is 3.62. The van der Waals surface area contributed by atoms with E-state index in [2.05, 4.69) is 23.8 Å². The van der Waals surface area contributed by atoms with Crippen LogP contribution >= 0.6 is 0 Å². The summed E-state index contributed by atoms with van der Waals surface area (Å²) in [7, 11) is 0. The van der Waals surface area contributed by atoms with E-state index in [9.17, 15) is 9.59 Å². The van der Waals surface area contributed by atoms with Crippen molar-refractivity contribution in [3.05, 3.63) is 61.2 Å². The molecule has 2 amide bonds. The topological polar surface area (TPSA) is 76.7 Å². The predicted octanol–water partition coefficient (Wildman–Crippen LogP) is 3.40. The van der Waals surface area contributed by atoms with Crippen LogP contribution in [-0.4, -0.2) is 30.9 Å². The van der Waals surface area contributed by atoms with E-state index >= 15 is 0 Å². The average Bonchev–Trinajstić information content (AvgIpc) is 2.63. The molecule has 0 radical (unpaired) electrons. The summed E-state index contributed by atoms with van der Waals surface area (Å²) >= 11 is 0. The normalized spacial score (nSPS) is 13.7. The minimum absolute atomic E-state index is 0.00329. The second kappa shape index (κ2) is 10.9. The van der Waals surface area contributed by atoms with Gasteiger partial charge in [0.25, 0.3) is 0 Å². The molecule has 6 nitrogen and oxygen atoms in total. The molecule has 1 rings (SSSR count). The molecule has 0 heterocycles. The highest BCUT2D eigenvalue weighted by molar-refractivity contribution is 5.69. The van der Waals surface area contributed by atoms with Gasteiger partial charge in [-0.25, -0.2) is 9.59 Å². The fraction of sp³-hybridized carbons (Fsp3) is 0.368. The number of nitrogens with one attached hydrogen (secondary N) is 2. The van der Waals surface area contributed by atoms with Gasteiger partial charge in [0, 0.05) is 6.04 Å². The van der Waals surface area contributed by atoms with E-state index in [0.29, 0.717) is 0 Å². The first-order valence-electron chi connectivity index (χ1n) is 8.11. The highest BCUT2D eigenvalue weighted by Crippen LogP contribution is 2.07. The van der Waals surface area contributed by atoms with Crippen molar-refractivity contribution in [2.24, 2.45) is 5.92 Å². The molecule has 3 unspecified atom stereocenters. The Morgan fingerprint density at radius 3 is 2.28 bits per heavy atom. The molecule has 25 heavy (non-hydrogen) atoms. The molecular weight excluding hydrogens is 320 g/mol. The van der Waals surface area contributed by atoms with Gasteiger partial charge >= 0.3 is 12.2 Å². The Labute approximate surface area is 148 Å². The molecule has 0 saturated heterocycles.